The Bertz CT molecular complexity index is 1250. The van der Waals surface area contributed by atoms with Gasteiger partial charge < -0.3 is 50.7 Å². The minimum absolute atomic E-state index is 0.0136. The fourth-order valence-corrected chi connectivity index (χ4v) is 5.18. The zero-order chi connectivity index (χ0) is 35.7. The topological polar surface area (TPSA) is 160 Å². The number of benzene rings is 2. The molecule has 12 heteroatoms. The van der Waals surface area contributed by atoms with Crippen LogP contribution in [0.15, 0.2) is 36.4 Å². The van der Waals surface area contributed by atoms with Gasteiger partial charge in [-0.2, -0.15) is 0 Å². The third-order valence-corrected chi connectivity index (χ3v) is 7.91. The number of methoxy groups -OCH3 is 4. The first kappa shape index (κ1) is 41.3. The monoisotopic (exact) mass is 685 g/mol. The van der Waals surface area contributed by atoms with Crippen LogP contribution >= 0.6 is 0 Å². The van der Waals surface area contributed by atoms with Crippen LogP contribution in [0, 0.1) is 0 Å². The molecule has 0 spiro atoms. The van der Waals surface area contributed by atoms with Crippen LogP contribution in [0.5, 0.6) is 28.7 Å². The third-order valence-electron chi connectivity index (χ3n) is 7.91. The van der Waals surface area contributed by atoms with Crippen molar-refractivity contribution in [2.45, 2.75) is 51.4 Å². The summed E-state index contributed by atoms with van der Waals surface area (Å²) in [6.45, 7) is 7.55. The van der Waals surface area contributed by atoms with E-state index in [0.29, 0.717) is 66.8 Å². The van der Waals surface area contributed by atoms with Crippen molar-refractivity contribution in [3.63, 3.8) is 0 Å². The second-order valence-corrected chi connectivity index (χ2v) is 11.6. The van der Waals surface area contributed by atoms with Gasteiger partial charge in [0.25, 0.3) is 0 Å². The number of rotatable bonds is 28. The SMILES string of the molecule is COc1ccc(/C=C/C(=O)c2cc(OC)c(OC)c(OC)c2)cc1OCCCC(=O)NCCCCN(CCCN)CCCCNCCCN. The molecule has 0 aliphatic heterocycles. The summed E-state index contributed by atoms with van der Waals surface area (Å²) < 4.78 is 27.5. The van der Waals surface area contributed by atoms with Crippen molar-refractivity contribution in [3.05, 3.63) is 47.5 Å². The molecule has 274 valence electrons. The Kier molecular flexibility index (Phi) is 21.2. The number of nitrogens with one attached hydrogen (secondary N) is 2. The Morgan fingerprint density at radius 1 is 0.714 bits per heavy atom. The molecule has 0 bridgehead atoms. The van der Waals surface area contributed by atoms with Crippen LogP contribution in [0.1, 0.15) is 67.3 Å². The Balaban J connectivity index is 1.75. The van der Waals surface area contributed by atoms with Crippen LogP contribution in [-0.4, -0.2) is 104 Å². The van der Waals surface area contributed by atoms with Gasteiger partial charge in [0.15, 0.2) is 28.8 Å². The van der Waals surface area contributed by atoms with Crippen molar-refractivity contribution in [1.29, 1.82) is 0 Å². The molecular formula is C37H59N5O7. The van der Waals surface area contributed by atoms with E-state index in [9.17, 15) is 9.59 Å². The number of ether oxygens (including phenoxy) is 5. The average Bonchev–Trinajstić information content (AvgIpc) is 3.12. The molecule has 2 rings (SSSR count). The van der Waals surface area contributed by atoms with E-state index in [4.69, 9.17) is 35.2 Å². The number of hydrogen-bond acceptors (Lipinski definition) is 11. The van der Waals surface area contributed by atoms with E-state index in [2.05, 4.69) is 15.5 Å². The Labute approximate surface area is 292 Å². The Morgan fingerprint density at radius 2 is 1.35 bits per heavy atom. The van der Waals surface area contributed by atoms with Crippen molar-refractivity contribution in [1.82, 2.24) is 15.5 Å². The van der Waals surface area contributed by atoms with Crippen LogP contribution in [-0.2, 0) is 4.79 Å². The highest BCUT2D eigenvalue weighted by molar-refractivity contribution is 6.07. The van der Waals surface area contributed by atoms with E-state index in [-0.39, 0.29) is 11.7 Å². The van der Waals surface area contributed by atoms with Gasteiger partial charge in [-0.05, 0) is 127 Å². The lowest BCUT2D eigenvalue weighted by Gasteiger charge is -2.22. The van der Waals surface area contributed by atoms with Crippen LogP contribution in [0.3, 0.4) is 0 Å². The van der Waals surface area contributed by atoms with E-state index in [0.717, 1.165) is 83.4 Å². The Morgan fingerprint density at radius 3 is 1.98 bits per heavy atom. The van der Waals surface area contributed by atoms with Crippen molar-refractivity contribution >= 4 is 17.8 Å². The summed E-state index contributed by atoms with van der Waals surface area (Å²) in [6.07, 6.45) is 10.4. The first-order valence-corrected chi connectivity index (χ1v) is 17.3. The van der Waals surface area contributed by atoms with E-state index >= 15 is 0 Å². The van der Waals surface area contributed by atoms with Crippen LogP contribution in [0.4, 0.5) is 0 Å². The zero-order valence-electron chi connectivity index (χ0n) is 30.0. The first-order chi connectivity index (χ1) is 23.9. The summed E-state index contributed by atoms with van der Waals surface area (Å²) in [7, 11) is 6.08. The van der Waals surface area contributed by atoms with Gasteiger partial charge in [0, 0.05) is 18.5 Å². The maximum atomic E-state index is 13.0. The summed E-state index contributed by atoms with van der Waals surface area (Å²) in [5.74, 6) is 2.10. The molecule has 0 atom stereocenters. The Hall–Kier alpha value is -3.84. The lowest BCUT2D eigenvalue weighted by Crippen LogP contribution is -2.30. The second-order valence-electron chi connectivity index (χ2n) is 11.6. The predicted octanol–water partition coefficient (Wildman–Crippen LogP) is 4.04. The number of allylic oxidation sites excluding steroid dienone is 1. The van der Waals surface area contributed by atoms with E-state index < -0.39 is 0 Å². The smallest absolute Gasteiger partial charge is 0.220 e. The summed E-state index contributed by atoms with van der Waals surface area (Å²) >= 11 is 0. The lowest BCUT2D eigenvalue weighted by molar-refractivity contribution is -0.121. The minimum Gasteiger partial charge on any atom is -0.493 e. The van der Waals surface area contributed by atoms with Crippen molar-refractivity contribution in [2.75, 3.05) is 87.4 Å². The summed E-state index contributed by atoms with van der Waals surface area (Å²) in [6, 6.07) is 8.64. The first-order valence-electron chi connectivity index (χ1n) is 17.3. The van der Waals surface area contributed by atoms with Crippen LogP contribution < -0.4 is 45.8 Å². The highest BCUT2D eigenvalue weighted by atomic mass is 16.5. The molecule has 0 aromatic heterocycles. The molecule has 0 aliphatic rings. The molecule has 0 aliphatic carbocycles. The predicted molar refractivity (Wildman–Crippen MR) is 195 cm³/mol. The van der Waals surface area contributed by atoms with Gasteiger partial charge in [0.05, 0.1) is 35.0 Å². The fourth-order valence-electron chi connectivity index (χ4n) is 5.18. The highest BCUT2D eigenvalue weighted by Crippen LogP contribution is 2.38. The van der Waals surface area contributed by atoms with Crippen LogP contribution in [0.2, 0.25) is 0 Å². The fraction of sp³-hybridized carbons (Fsp3) is 0.568. The molecular weight excluding hydrogens is 626 g/mol. The van der Waals surface area contributed by atoms with Gasteiger partial charge in [-0.3, -0.25) is 9.59 Å². The molecule has 0 heterocycles. The number of carbonyl (C=O) groups is 2. The number of unbranched alkanes of at least 4 members (excludes halogenated alkanes) is 2. The summed E-state index contributed by atoms with van der Waals surface area (Å²) in [5, 5.41) is 6.46. The average molecular weight is 686 g/mol. The quantitative estimate of drug-likeness (QED) is 0.0582. The normalized spacial score (nSPS) is 11.2. The molecule has 2 aromatic carbocycles. The number of hydrogen-bond donors (Lipinski definition) is 4. The molecule has 0 fully saturated rings. The highest BCUT2D eigenvalue weighted by Gasteiger charge is 2.16. The molecule has 0 radical (unpaired) electrons. The lowest BCUT2D eigenvalue weighted by atomic mass is 10.1. The van der Waals surface area contributed by atoms with Crippen molar-refractivity contribution < 1.29 is 33.3 Å². The van der Waals surface area contributed by atoms with Gasteiger partial charge in [-0.25, -0.2) is 0 Å². The van der Waals surface area contributed by atoms with Crippen LogP contribution in [0.25, 0.3) is 6.08 Å². The number of nitrogens with zero attached hydrogens (tertiary/aromatic N) is 1. The zero-order valence-corrected chi connectivity index (χ0v) is 30.0. The van der Waals surface area contributed by atoms with Gasteiger partial charge in [-0.1, -0.05) is 12.1 Å². The van der Waals surface area contributed by atoms with Gasteiger partial charge in [0.1, 0.15) is 0 Å². The molecule has 0 unspecified atom stereocenters. The molecule has 1 amide bonds. The number of amides is 1. The number of carbonyl (C=O) groups excluding carboxylic acids is 2. The summed E-state index contributed by atoms with van der Waals surface area (Å²) in [5.41, 5.74) is 12.4. The molecule has 12 nitrogen and oxygen atoms in total. The van der Waals surface area contributed by atoms with Gasteiger partial charge in [0.2, 0.25) is 11.7 Å². The second kappa shape index (κ2) is 25.2. The molecule has 2 aromatic rings. The maximum Gasteiger partial charge on any atom is 0.220 e. The standard InChI is InChI=1S/C37H59N5O7/c1-45-32-16-14-29(13-15-31(43)30-27-34(46-2)37(48-4)35(28-30)47-3)26-33(32)49-25-9-12-36(44)41-21-6-8-23-42(24-11-18-39)22-7-5-19-40-20-10-17-38/h13-16,26-28,40H,5-12,17-25,38-39H2,1-4H3,(H,41,44)/b15-13+. The summed E-state index contributed by atoms with van der Waals surface area (Å²) in [4.78, 5) is 27.9. The largest absolute Gasteiger partial charge is 0.493 e. The van der Waals surface area contributed by atoms with Gasteiger partial charge in [-0.15, -0.1) is 0 Å². The third kappa shape index (κ3) is 15.9. The molecule has 49 heavy (non-hydrogen) atoms. The van der Waals surface area contributed by atoms with E-state index in [1.807, 2.05) is 6.07 Å². The van der Waals surface area contributed by atoms with E-state index in [1.165, 1.54) is 27.4 Å². The molecule has 6 N–H and O–H groups in total. The van der Waals surface area contributed by atoms with Gasteiger partial charge >= 0.3 is 0 Å². The number of ketones is 1. The maximum absolute atomic E-state index is 13.0. The number of nitrogens with two attached hydrogens (primary N) is 2. The van der Waals surface area contributed by atoms with Crippen molar-refractivity contribution in [2.24, 2.45) is 11.5 Å². The van der Waals surface area contributed by atoms with Crippen molar-refractivity contribution in [3.8, 4) is 28.7 Å². The van der Waals surface area contributed by atoms with E-state index in [1.54, 1.807) is 37.5 Å². The minimum atomic E-state index is -0.231. The molecule has 0 saturated carbocycles. The molecule has 0 saturated heterocycles.